The lowest BCUT2D eigenvalue weighted by Crippen LogP contribution is -1.97. The van der Waals surface area contributed by atoms with Gasteiger partial charge in [0.15, 0.2) is 5.88 Å². The van der Waals surface area contributed by atoms with Gasteiger partial charge in [-0.1, -0.05) is 18.2 Å². The molecular weight excluding hydrogens is 240 g/mol. The Morgan fingerprint density at radius 2 is 1.95 bits per heavy atom. The summed E-state index contributed by atoms with van der Waals surface area (Å²) in [6, 6.07) is 13.2. The molecule has 0 aliphatic carbocycles. The SMILES string of the molecule is COc1ccc(Cc2ncc3cccc(O)n23)cc1. The molecular formula is C15H14N2O2. The number of fused-ring (bicyclic) bond motifs is 1. The van der Waals surface area contributed by atoms with Gasteiger partial charge in [-0.3, -0.25) is 4.40 Å². The van der Waals surface area contributed by atoms with Crippen molar-refractivity contribution in [3.8, 4) is 11.6 Å². The van der Waals surface area contributed by atoms with E-state index in [2.05, 4.69) is 4.98 Å². The van der Waals surface area contributed by atoms with Crippen molar-refractivity contribution in [2.45, 2.75) is 6.42 Å². The normalized spacial score (nSPS) is 10.8. The van der Waals surface area contributed by atoms with Crippen LogP contribution in [0.1, 0.15) is 11.4 Å². The van der Waals surface area contributed by atoms with E-state index in [1.807, 2.05) is 36.4 Å². The van der Waals surface area contributed by atoms with E-state index in [0.717, 1.165) is 22.7 Å². The fourth-order valence-electron chi connectivity index (χ4n) is 2.15. The summed E-state index contributed by atoms with van der Waals surface area (Å²) in [6.07, 6.45) is 2.42. The van der Waals surface area contributed by atoms with Gasteiger partial charge in [0.1, 0.15) is 11.6 Å². The number of aromatic hydroxyl groups is 1. The molecule has 1 aromatic carbocycles. The maximum Gasteiger partial charge on any atom is 0.197 e. The number of pyridine rings is 1. The number of nitrogens with zero attached hydrogens (tertiary/aromatic N) is 2. The molecule has 0 radical (unpaired) electrons. The second-order valence-electron chi connectivity index (χ2n) is 4.34. The number of rotatable bonds is 3. The molecule has 2 heterocycles. The molecule has 0 aliphatic rings. The van der Waals surface area contributed by atoms with E-state index in [-0.39, 0.29) is 5.88 Å². The minimum atomic E-state index is 0.207. The van der Waals surface area contributed by atoms with Crippen LogP contribution in [0.15, 0.2) is 48.7 Å². The first-order chi connectivity index (χ1) is 9.28. The van der Waals surface area contributed by atoms with Gasteiger partial charge in [-0.15, -0.1) is 0 Å². The van der Waals surface area contributed by atoms with Crippen LogP contribution < -0.4 is 4.74 Å². The average Bonchev–Trinajstić information content (AvgIpc) is 2.84. The van der Waals surface area contributed by atoms with Crippen molar-refractivity contribution in [2.75, 3.05) is 7.11 Å². The monoisotopic (exact) mass is 254 g/mol. The van der Waals surface area contributed by atoms with Crippen molar-refractivity contribution in [1.82, 2.24) is 9.38 Å². The molecule has 0 atom stereocenters. The Labute approximate surface area is 110 Å². The molecule has 0 amide bonds. The average molecular weight is 254 g/mol. The van der Waals surface area contributed by atoms with Crippen molar-refractivity contribution in [2.24, 2.45) is 0 Å². The van der Waals surface area contributed by atoms with E-state index in [1.165, 1.54) is 0 Å². The lowest BCUT2D eigenvalue weighted by Gasteiger charge is -2.05. The molecule has 96 valence electrons. The van der Waals surface area contributed by atoms with Gasteiger partial charge >= 0.3 is 0 Å². The fraction of sp³-hybridized carbons (Fsp3) is 0.133. The molecule has 0 bridgehead atoms. The molecule has 0 aliphatic heterocycles. The summed E-state index contributed by atoms with van der Waals surface area (Å²) in [5, 5.41) is 9.90. The van der Waals surface area contributed by atoms with Crippen LogP contribution in [-0.2, 0) is 6.42 Å². The Morgan fingerprint density at radius 1 is 1.16 bits per heavy atom. The van der Waals surface area contributed by atoms with E-state index in [9.17, 15) is 5.11 Å². The van der Waals surface area contributed by atoms with Gasteiger partial charge in [0.25, 0.3) is 0 Å². The van der Waals surface area contributed by atoms with Crippen LogP contribution in [0.5, 0.6) is 11.6 Å². The summed E-state index contributed by atoms with van der Waals surface area (Å²) in [6.45, 7) is 0. The van der Waals surface area contributed by atoms with Gasteiger partial charge in [0.2, 0.25) is 0 Å². The van der Waals surface area contributed by atoms with Crippen molar-refractivity contribution >= 4 is 5.52 Å². The standard InChI is InChI=1S/C15H14N2O2/c1-19-13-7-5-11(6-8-13)9-14-16-10-12-3-2-4-15(18)17(12)14/h2-8,10,18H,9H2,1H3. The minimum Gasteiger partial charge on any atom is -0.497 e. The highest BCUT2D eigenvalue weighted by molar-refractivity contribution is 5.49. The highest BCUT2D eigenvalue weighted by Gasteiger charge is 2.07. The van der Waals surface area contributed by atoms with Gasteiger partial charge in [-0.2, -0.15) is 0 Å². The van der Waals surface area contributed by atoms with E-state index in [4.69, 9.17) is 4.74 Å². The molecule has 0 spiro atoms. The number of hydrogen-bond donors (Lipinski definition) is 1. The summed E-state index contributed by atoms with van der Waals surface area (Å²) in [4.78, 5) is 4.37. The number of imidazole rings is 1. The van der Waals surface area contributed by atoms with Crippen molar-refractivity contribution < 1.29 is 9.84 Å². The van der Waals surface area contributed by atoms with E-state index in [1.54, 1.807) is 23.8 Å². The first-order valence-corrected chi connectivity index (χ1v) is 6.05. The highest BCUT2D eigenvalue weighted by atomic mass is 16.5. The Balaban J connectivity index is 1.96. The Hall–Kier alpha value is -2.49. The molecule has 0 unspecified atom stereocenters. The first kappa shape index (κ1) is 11.6. The topological polar surface area (TPSA) is 46.8 Å². The maximum atomic E-state index is 9.90. The summed E-state index contributed by atoms with van der Waals surface area (Å²) in [5.74, 6) is 1.86. The second-order valence-corrected chi connectivity index (χ2v) is 4.34. The third-order valence-electron chi connectivity index (χ3n) is 3.12. The number of aromatic nitrogens is 2. The summed E-state index contributed by atoms with van der Waals surface area (Å²) in [5.41, 5.74) is 2.01. The van der Waals surface area contributed by atoms with Gasteiger partial charge in [0, 0.05) is 6.42 Å². The van der Waals surface area contributed by atoms with E-state index in [0.29, 0.717) is 6.42 Å². The zero-order valence-electron chi connectivity index (χ0n) is 10.6. The second kappa shape index (κ2) is 4.65. The molecule has 3 aromatic rings. The quantitative estimate of drug-likeness (QED) is 0.781. The van der Waals surface area contributed by atoms with Crippen LogP contribution in [0, 0.1) is 0 Å². The Morgan fingerprint density at radius 3 is 2.68 bits per heavy atom. The van der Waals surface area contributed by atoms with Crippen LogP contribution in [0.25, 0.3) is 5.52 Å². The predicted molar refractivity (Wildman–Crippen MR) is 72.7 cm³/mol. The zero-order chi connectivity index (χ0) is 13.2. The molecule has 0 saturated heterocycles. The molecule has 3 rings (SSSR count). The summed E-state index contributed by atoms with van der Waals surface area (Å²) < 4.78 is 6.89. The number of benzene rings is 1. The maximum absolute atomic E-state index is 9.90. The summed E-state index contributed by atoms with van der Waals surface area (Å²) >= 11 is 0. The number of methoxy groups -OCH3 is 1. The van der Waals surface area contributed by atoms with Crippen LogP contribution in [0.3, 0.4) is 0 Å². The first-order valence-electron chi connectivity index (χ1n) is 6.05. The molecule has 19 heavy (non-hydrogen) atoms. The summed E-state index contributed by atoms with van der Waals surface area (Å²) in [7, 11) is 1.65. The van der Waals surface area contributed by atoms with Crippen LogP contribution in [0.4, 0.5) is 0 Å². The van der Waals surface area contributed by atoms with Crippen LogP contribution >= 0.6 is 0 Å². The lowest BCUT2D eigenvalue weighted by molar-refractivity contribution is 0.414. The minimum absolute atomic E-state index is 0.207. The number of hydrogen-bond acceptors (Lipinski definition) is 3. The molecule has 2 aromatic heterocycles. The largest absolute Gasteiger partial charge is 0.497 e. The highest BCUT2D eigenvalue weighted by Crippen LogP contribution is 2.19. The van der Waals surface area contributed by atoms with Gasteiger partial charge in [-0.25, -0.2) is 4.98 Å². The molecule has 4 nitrogen and oxygen atoms in total. The van der Waals surface area contributed by atoms with Crippen LogP contribution in [-0.4, -0.2) is 21.6 Å². The molecule has 0 saturated carbocycles. The van der Waals surface area contributed by atoms with Gasteiger partial charge in [0.05, 0.1) is 18.8 Å². The lowest BCUT2D eigenvalue weighted by atomic mass is 10.1. The number of ether oxygens (including phenoxy) is 1. The van der Waals surface area contributed by atoms with Gasteiger partial charge in [-0.05, 0) is 29.8 Å². The van der Waals surface area contributed by atoms with E-state index >= 15 is 0 Å². The smallest absolute Gasteiger partial charge is 0.197 e. The Bertz CT molecular complexity index is 702. The molecule has 0 fully saturated rings. The third-order valence-corrected chi connectivity index (χ3v) is 3.12. The third kappa shape index (κ3) is 2.12. The van der Waals surface area contributed by atoms with Crippen LogP contribution in [0.2, 0.25) is 0 Å². The molecule has 1 N–H and O–H groups in total. The zero-order valence-corrected chi connectivity index (χ0v) is 10.6. The van der Waals surface area contributed by atoms with Crippen molar-refractivity contribution in [3.63, 3.8) is 0 Å². The van der Waals surface area contributed by atoms with Crippen molar-refractivity contribution in [3.05, 3.63) is 60.0 Å². The van der Waals surface area contributed by atoms with Gasteiger partial charge < -0.3 is 9.84 Å². The van der Waals surface area contributed by atoms with E-state index < -0.39 is 0 Å². The predicted octanol–water partition coefficient (Wildman–Crippen LogP) is 2.64. The van der Waals surface area contributed by atoms with Crippen molar-refractivity contribution in [1.29, 1.82) is 0 Å². The fourth-order valence-corrected chi connectivity index (χ4v) is 2.15. The molecule has 4 heteroatoms. The Kier molecular flexibility index (Phi) is 2.83.